The van der Waals surface area contributed by atoms with Gasteiger partial charge in [0.15, 0.2) is 0 Å². The van der Waals surface area contributed by atoms with Crippen LogP contribution in [-0.4, -0.2) is 57.4 Å². The summed E-state index contributed by atoms with van der Waals surface area (Å²) in [6.45, 7) is 3.18. The van der Waals surface area contributed by atoms with E-state index in [1.165, 1.54) is 26.2 Å². The third kappa shape index (κ3) is 4.46. The van der Waals surface area contributed by atoms with E-state index in [-0.39, 0.29) is 22.2 Å². The van der Waals surface area contributed by atoms with Crippen LogP contribution in [0, 0.1) is 10.1 Å². The Morgan fingerprint density at radius 2 is 1.80 bits per heavy atom. The number of nitro groups is 1. The van der Waals surface area contributed by atoms with Crippen molar-refractivity contribution >= 4 is 33.0 Å². The van der Waals surface area contributed by atoms with Crippen molar-refractivity contribution in [3.63, 3.8) is 0 Å². The van der Waals surface area contributed by atoms with Crippen LogP contribution in [0.25, 0.3) is 0 Å². The van der Waals surface area contributed by atoms with Gasteiger partial charge >= 0.3 is 0 Å². The molecule has 0 bridgehead atoms. The molecule has 3 rings (SSSR count). The number of non-ortho nitro benzene ring substituents is 1. The Labute approximate surface area is 174 Å². The minimum Gasteiger partial charge on any atom is -0.495 e. The predicted molar refractivity (Wildman–Crippen MR) is 111 cm³/mol. The topological polar surface area (TPSA) is 122 Å². The van der Waals surface area contributed by atoms with Gasteiger partial charge < -0.3 is 14.5 Å². The molecular formula is C19H22N4O6S. The first-order valence-corrected chi connectivity index (χ1v) is 10.7. The number of hydrogen-bond donors (Lipinski definition) is 1. The summed E-state index contributed by atoms with van der Waals surface area (Å²) in [7, 11) is -2.75. The van der Waals surface area contributed by atoms with Gasteiger partial charge in [-0.15, -0.1) is 0 Å². The van der Waals surface area contributed by atoms with Crippen LogP contribution in [0.5, 0.6) is 5.75 Å². The van der Waals surface area contributed by atoms with E-state index < -0.39 is 14.9 Å². The molecule has 0 unspecified atom stereocenters. The molecule has 0 radical (unpaired) electrons. The number of para-hydroxylation sites is 2. The first kappa shape index (κ1) is 21.4. The van der Waals surface area contributed by atoms with E-state index in [0.29, 0.717) is 37.6 Å². The second-order valence-electron chi connectivity index (χ2n) is 6.71. The van der Waals surface area contributed by atoms with Gasteiger partial charge in [-0.25, -0.2) is 8.42 Å². The summed E-state index contributed by atoms with van der Waals surface area (Å²) in [6.07, 6.45) is 0. The average molecular weight is 434 g/mol. The summed E-state index contributed by atoms with van der Waals surface area (Å²) in [6, 6.07) is 10.2. The van der Waals surface area contributed by atoms with E-state index in [4.69, 9.17) is 4.74 Å². The minimum atomic E-state index is -4.17. The van der Waals surface area contributed by atoms with Crippen LogP contribution in [0.15, 0.2) is 47.4 Å². The van der Waals surface area contributed by atoms with Gasteiger partial charge in [0, 0.05) is 45.2 Å². The fraction of sp³-hybridized carbons (Fsp3) is 0.316. The molecule has 1 amide bonds. The number of nitrogens with one attached hydrogen (secondary N) is 1. The number of hydrogen-bond acceptors (Lipinski definition) is 7. The van der Waals surface area contributed by atoms with Crippen LogP contribution in [0.4, 0.5) is 17.1 Å². The summed E-state index contributed by atoms with van der Waals surface area (Å²) in [5.41, 5.74) is 0.228. The molecule has 1 fully saturated rings. The van der Waals surface area contributed by atoms with Crippen LogP contribution in [-0.2, 0) is 14.8 Å². The number of carbonyl (C=O) groups is 1. The average Bonchev–Trinajstić information content (AvgIpc) is 2.73. The number of nitrogens with zero attached hydrogens (tertiary/aromatic N) is 3. The lowest BCUT2D eigenvalue weighted by Crippen LogP contribution is -2.48. The molecule has 0 atom stereocenters. The van der Waals surface area contributed by atoms with Crippen molar-refractivity contribution in [3.8, 4) is 5.75 Å². The van der Waals surface area contributed by atoms with E-state index in [2.05, 4.69) is 4.72 Å². The zero-order chi connectivity index (χ0) is 21.9. The van der Waals surface area contributed by atoms with Gasteiger partial charge in [-0.1, -0.05) is 12.1 Å². The lowest BCUT2D eigenvalue weighted by molar-refractivity contribution is -0.385. The molecule has 10 nitrogen and oxygen atoms in total. The second kappa shape index (κ2) is 8.57. The number of rotatable bonds is 6. The van der Waals surface area contributed by atoms with Gasteiger partial charge in [-0.2, -0.15) is 0 Å². The number of piperazine rings is 1. The zero-order valence-electron chi connectivity index (χ0n) is 16.6. The molecule has 0 spiro atoms. The fourth-order valence-corrected chi connectivity index (χ4v) is 4.60. The van der Waals surface area contributed by atoms with Gasteiger partial charge in [0.25, 0.3) is 15.7 Å². The standard InChI is InChI=1S/C19H22N4O6S/c1-14(24)21-9-11-22(12-10-21)17-8-7-15(23(25)26)13-19(17)30(27,28)20-16-5-3-4-6-18(16)29-2/h3-8,13,20H,9-12H2,1-2H3. The Morgan fingerprint density at radius 3 is 2.40 bits per heavy atom. The van der Waals surface area contributed by atoms with E-state index in [1.807, 2.05) is 0 Å². The second-order valence-corrected chi connectivity index (χ2v) is 8.36. The molecule has 1 aliphatic rings. The van der Waals surface area contributed by atoms with Crippen LogP contribution in [0.1, 0.15) is 6.92 Å². The summed E-state index contributed by atoms with van der Waals surface area (Å²) in [5, 5.41) is 11.3. The molecule has 160 valence electrons. The lowest BCUT2D eigenvalue weighted by atomic mass is 10.2. The number of amides is 1. The minimum absolute atomic E-state index is 0.0518. The van der Waals surface area contributed by atoms with Crippen LogP contribution < -0.4 is 14.4 Å². The quantitative estimate of drug-likeness (QED) is 0.545. The number of anilines is 2. The maximum Gasteiger partial charge on any atom is 0.270 e. The molecule has 1 aliphatic heterocycles. The number of ether oxygens (including phenoxy) is 1. The summed E-state index contributed by atoms with van der Waals surface area (Å²) in [5.74, 6) is 0.271. The van der Waals surface area contributed by atoms with Crippen molar-refractivity contribution in [2.24, 2.45) is 0 Å². The molecule has 11 heteroatoms. The molecule has 30 heavy (non-hydrogen) atoms. The molecule has 2 aromatic carbocycles. The molecule has 1 heterocycles. The van der Waals surface area contributed by atoms with E-state index in [1.54, 1.807) is 34.1 Å². The smallest absolute Gasteiger partial charge is 0.270 e. The molecular weight excluding hydrogens is 412 g/mol. The SMILES string of the molecule is COc1ccccc1NS(=O)(=O)c1cc([N+](=O)[O-])ccc1N1CCN(C(C)=O)CC1. The molecule has 2 aromatic rings. The normalized spacial score (nSPS) is 14.3. The third-order valence-electron chi connectivity index (χ3n) is 4.86. The van der Waals surface area contributed by atoms with Gasteiger partial charge in [-0.05, 0) is 18.2 Å². The van der Waals surface area contributed by atoms with E-state index >= 15 is 0 Å². The largest absolute Gasteiger partial charge is 0.495 e. The maximum absolute atomic E-state index is 13.2. The Balaban J connectivity index is 2.00. The number of benzene rings is 2. The monoisotopic (exact) mass is 434 g/mol. The van der Waals surface area contributed by atoms with Gasteiger partial charge in [-0.3, -0.25) is 19.6 Å². The van der Waals surface area contributed by atoms with E-state index in [0.717, 1.165) is 6.07 Å². The Hall–Kier alpha value is -3.34. The van der Waals surface area contributed by atoms with Crippen molar-refractivity contribution in [1.29, 1.82) is 0 Å². The van der Waals surface area contributed by atoms with Crippen LogP contribution >= 0.6 is 0 Å². The van der Waals surface area contributed by atoms with Gasteiger partial charge in [0.05, 0.1) is 23.4 Å². The van der Waals surface area contributed by atoms with E-state index in [9.17, 15) is 23.3 Å². The maximum atomic E-state index is 13.2. The summed E-state index contributed by atoms with van der Waals surface area (Å²) in [4.78, 5) is 25.4. The summed E-state index contributed by atoms with van der Waals surface area (Å²) < 4.78 is 34.0. The molecule has 1 saturated heterocycles. The number of nitro benzene ring substituents is 1. The lowest BCUT2D eigenvalue weighted by Gasteiger charge is -2.36. The molecule has 1 N–H and O–H groups in total. The molecule has 0 aromatic heterocycles. The first-order chi connectivity index (χ1) is 14.2. The zero-order valence-corrected chi connectivity index (χ0v) is 17.4. The van der Waals surface area contributed by atoms with Gasteiger partial charge in [0.1, 0.15) is 10.6 Å². The van der Waals surface area contributed by atoms with Crippen molar-refractivity contribution in [1.82, 2.24) is 4.90 Å². The van der Waals surface area contributed by atoms with Gasteiger partial charge in [0.2, 0.25) is 5.91 Å². The molecule has 0 aliphatic carbocycles. The summed E-state index contributed by atoms with van der Waals surface area (Å²) >= 11 is 0. The van der Waals surface area contributed by atoms with Crippen LogP contribution in [0.3, 0.4) is 0 Å². The Morgan fingerprint density at radius 1 is 1.13 bits per heavy atom. The van der Waals surface area contributed by atoms with Crippen molar-refractivity contribution in [3.05, 3.63) is 52.6 Å². The number of carbonyl (C=O) groups excluding carboxylic acids is 1. The first-order valence-electron chi connectivity index (χ1n) is 9.17. The predicted octanol–water partition coefficient (Wildman–Crippen LogP) is 2.07. The highest BCUT2D eigenvalue weighted by Crippen LogP contribution is 2.33. The van der Waals surface area contributed by atoms with Crippen LogP contribution in [0.2, 0.25) is 0 Å². The Kier molecular flexibility index (Phi) is 6.11. The number of methoxy groups -OCH3 is 1. The fourth-order valence-electron chi connectivity index (χ4n) is 3.28. The molecule has 0 saturated carbocycles. The Bertz CT molecular complexity index is 1060. The highest BCUT2D eigenvalue weighted by atomic mass is 32.2. The highest BCUT2D eigenvalue weighted by molar-refractivity contribution is 7.93. The highest BCUT2D eigenvalue weighted by Gasteiger charge is 2.28. The van der Waals surface area contributed by atoms with Crippen molar-refractivity contribution in [2.75, 3.05) is 42.9 Å². The van der Waals surface area contributed by atoms with Crippen molar-refractivity contribution < 1.29 is 22.9 Å². The van der Waals surface area contributed by atoms with Crippen molar-refractivity contribution in [2.45, 2.75) is 11.8 Å². The third-order valence-corrected chi connectivity index (χ3v) is 6.26. The number of sulfonamides is 1.